The van der Waals surface area contributed by atoms with Crippen molar-refractivity contribution in [1.29, 1.82) is 0 Å². The number of H-pyrrole nitrogens is 1. The number of pyridine rings is 1. The Bertz CT molecular complexity index is 776. The number of rotatable bonds is 6. The van der Waals surface area contributed by atoms with E-state index in [2.05, 4.69) is 10.3 Å². The number of hydrogen-bond acceptors (Lipinski definition) is 3. The van der Waals surface area contributed by atoms with Gasteiger partial charge in [-0.1, -0.05) is 50.3 Å². The molecule has 138 valence electrons. The standard InChI is InChI=1S/C21H26N2O3/c24-14-18(13-15-5-2-1-3-6-15)22-21(26)17-11-9-16(10-12-17)19-7-4-8-20(25)23-19/h4,7-12,15,18,24H,1-3,5-6,13-14H2,(H,22,26)(H,23,25). The summed E-state index contributed by atoms with van der Waals surface area (Å²) in [5, 5.41) is 12.6. The van der Waals surface area contributed by atoms with E-state index in [0.29, 0.717) is 11.5 Å². The third-order valence-electron chi connectivity index (χ3n) is 5.12. The van der Waals surface area contributed by atoms with Gasteiger partial charge in [-0.2, -0.15) is 0 Å². The van der Waals surface area contributed by atoms with Crippen LogP contribution < -0.4 is 10.9 Å². The van der Waals surface area contributed by atoms with Gasteiger partial charge in [-0.3, -0.25) is 9.59 Å². The summed E-state index contributed by atoms with van der Waals surface area (Å²) >= 11 is 0. The van der Waals surface area contributed by atoms with E-state index in [4.69, 9.17) is 0 Å². The van der Waals surface area contributed by atoms with Crippen LogP contribution in [0.15, 0.2) is 47.3 Å². The number of amides is 1. The molecule has 1 atom stereocenters. The Morgan fingerprint density at radius 3 is 2.50 bits per heavy atom. The predicted octanol–water partition coefficient (Wildman–Crippen LogP) is 3.10. The summed E-state index contributed by atoms with van der Waals surface area (Å²) in [5.41, 5.74) is 1.96. The molecule has 3 rings (SSSR count). The Kier molecular flexibility index (Phi) is 6.23. The highest BCUT2D eigenvalue weighted by Gasteiger charge is 2.20. The number of aromatic nitrogens is 1. The predicted molar refractivity (Wildman–Crippen MR) is 102 cm³/mol. The second-order valence-corrected chi connectivity index (χ2v) is 7.10. The molecule has 1 aliphatic carbocycles. The third-order valence-corrected chi connectivity index (χ3v) is 5.12. The van der Waals surface area contributed by atoms with Gasteiger partial charge in [0.25, 0.3) is 5.91 Å². The Morgan fingerprint density at radius 1 is 1.12 bits per heavy atom. The fourth-order valence-electron chi connectivity index (χ4n) is 3.69. The molecule has 0 saturated heterocycles. The second kappa shape index (κ2) is 8.81. The first-order chi connectivity index (χ1) is 12.7. The molecule has 1 aromatic carbocycles. The lowest BCUT2D eigenvalue weighted by Crippen LogP contribution is -2.39. The summed E-state index contributed by atoms with van der Waals surface area (Å²) < 4.78 is 0. The fourth-order valence-corrected chi connectivity index (χ4v) is 3.69. The fraction of sp³-hybridized carbons (Fsp3) is 0.429. The molecule has 0 spiro atoms. The lowest BCUT2D eigenvalue weighted by Gasteiger charge is -2.26. The van der Waals surface area contributed by atoms with Gasteiger partial charge in [-0.05, 0) is 36.1 Å². The Morgan fingerprint density at radius 2 is 1.85 bits per heavy atom. The molecule has 1 amide bonds. The molecule has 0 bridgehead atoms. The maximum atomic E-state index is 12.5. The molecule has 5 heteroatoms. The first-order valence-corrected chi connectivity index (χ1v) is 9.37. The van der Waals surface area contributed by atoms with Gasteiger partial charge < -0.3 is 15.4 Å². The maximum Gasteiger partial charge on any atom is 0.251 e. The molecule has 0 aliphatic heterocycles. The highest BCUT2D eigenvalue weighted by molar-refractivity contribution is 5.94. The third kappa shape index (κ3) is 4.82. The van der Waals surface area contributed by atoms with Crippen LogP contribution >= 0.6 is 0 Å². The van der Waals surface area contributed by atoms with E-state index >= 15 is 0 Å². The number of aliphatic hydroxyl groups excluding tert-OH is 1. The summed E-state index contributed by atoms with van der Waals surface area (Å²) in [6.07, 6.45) is 7.02. The van der Waals surface area contributed by atoms with E-state index in [0.717, 1.165) is 17.7 Å². The van der Waals surface area contributed by atoms with Crippen molar-refractivity contribution in [3.63, 3.8) is 0 Å². The van der Waals surface area contributed by atoms with Gasteiger partial charge in [0.1, 0.15) is 0 Å². The zero-order valence-electron chi connectivity index (χ0n) is 14.9. The van der Waals surface area contributed by atoms with E-state index in [1.54, 1.807) is 18.2 Å². The number of aromatic amines is 1. The van der Waals surface area contributed by atoms with Gasteiger partial charge in [0, 0.05) is 17.3 Å². The lowest BCUT2D eigenvalue weighted by molar-refractivity contribution is 0.0902. The van der Waals surface area contributed by atoms with E-state index in [1.165, 1.54) is 38.2 Å². The summed E-state index contributed by atoms with van der Waals surface area (Å²) in [7, 11) is 0. The van der Waals surface area contributed by atoms with Crippen molar-refractivity contribution in [2.45, 2.75) is 44.6 Å². The van der Waals surface area contributed by atoms with E-state index < -0.39 is 0 Å². The van der Waals surface area contributed by atoms with Crippen LogP contribution in [0.3, 0.4) is 0 Å². The minimum atomic E-state index is -0.198. The molecular formula is C21H26N2O3. The Hall–Kier alpha value is -2.40. The zero-order chi connectivity index (χ0) is 18.4. The Balaban J connectivity index is 1.62. The van der Waals surface area contributed by atoms with Gasteiger partial charge in [0.2, 0.25) is 5.56 Å². The van der Waals surface area contributed by atoms with E-state index in [-0.39, 0.29) is 24.1 Å². The normalized spacial score (nSPS) is 16.2. The van der Waals surface area contributed by atoms with Gasteiger partial charge in [-0.15, -0.1) is 0 Å². The van der Waals surface area contributed by atoms with Crippen molar-refractivity contribution in [2.75, 3.05) is 6.61 Å². The van der Waals surface area contributed by atoms with E-state index in [9.17, 15) is 14.7 Å². The summed E-state index contributed by atoms with van der Waals surface area (Å²) in [6.45, 7) is -0.0361. The molecule has 1 unspecified atom stereocenters. The molecule has 3 N–H and O–H groups in total. The average Bonchev–Trinajstić information content (AvgIpc) is 2.68. The maximum absolute atomic E-state index is 12.5. The van der Waals surface area contributed by atoms with Crippen LogP contribution in [0.2, 0.25) is 0 Å². The number of aliphatic hydroxyl groups is 1. The van der Waals surface area contributed by atoms with Crippen molar-refractivity contribution in [3.05, 3.63) is 58.4 Å². The molecule has 2 aromatic rings. The lowest BCUT2D eigenvalue weighted by atomic mass is 9.85. The topological polar surface area (TPSA) is 82.2 Å². The van der Waals surface area contributed by atoms with Crippen molar-refractivity contribution in [3.8, 4) is 11.3 Å². The molecule has 1 aliphatic rings. The molecule has 26 heavy (non-hydrogen) atoms. The average molecular weight is 354 g/mol. The molecule has 0 radical (unpaired) electrons. The van der Waals surface area contributed by atoms with Crippen LogP contribution in [0, 0.1) is 5.92 Å². The summed E-state index contributed by atoms with van der Waals surface area (Å²) in [4.78, 5) is 26.7. The van der Waals surface area contributed by atoms with Crippen LogP contribution in [0.25, 0.3) is 11.3 Å². The van der Waals surface area contributed by atoms with E-state index in [1.807, 2.05) is 18.2 Å². The molecule has 1 heterocycles. The molecular weight excluding hydrogens is 328 g/mol. The monoisotopic (exact) mass is 354 g/mol. The van der Waals surface area contributed by atoms with Crippen molar-refractivity contribution in [2.24, 2.45) is 5.92 Å². The quantitative estimate of drug-likeness (QED) is 0.745. The van der Waals surface area contributed by atoms with Crippen LogP contribution in [0.5, 0.6) is 0 Å². The molecule has 5 nitrogen and oxygen atoms in total. The summed E-state index contributed by atoms with van der Waals surface area (Å²) in [6, 6.07) is 11.9. The van der Waals surface area contributed by atoms with Crippen LogP contribution in [-0.4, -0.2) is 28.6 Å². The zero-order valence-corrected chi connectivity index (χ0v) is 14.9. The smallest absolute Gasteiger partial charge is 0.251 e. The highest BCUT2D eigenvalue weighted by Crippen LogP contribution is 2.27. The number of nitrogens with one attached hydrogen (secondary N) is 2. The molecule has 1 aromatic heterocycles. The van der Waals surface area contributed by atoms with Crippen LogP contribution in [0.1, 0.15) is 48.9 Å². The minimum absolute atomic E-state index is 0.0361. The molecule has 1 fully saturated rings. The van der Waals surface area contributed by atoms with Crippen LogP contribution in [0.4, 0.5) is 0 Å². The summed E-state index contributed by atoms with van der Waals surface area (Å²) in [5.74, 6) is 0.423. The largest absolute Gasteiger partial charge is 0.394 e. The highest BCUT2D eigenvalue weighted by atomic mass is 16.3. The number of hydrogen-bond donors (Lipinski definition) is 3. The number of carbonyl (C=O) groups excluding carboxylic acids is 1. The van der Waals surface area contributed by atoms with Gasteiger partial charge >= 0.3 is 0 Å². The van der Waals surface area contributed by atoms with Gasteiger partial charge in [0.05, 0.1) is 12.6 Å². The number of benzene rings is 1. The first-order valence-electron chi connectivity index (χ1n) is 9.37. The SMILES string of the molecule is O=C(NC(CO)CC1CCCCC1)c1ccc(-c2cccc(=O)[nH]2)cc1. The number of carbonyl (C=O) groups is 1. The minimum Gasteiger partial charge on any atom is -0.394 e. The Labute approximate surface area is 153 Å². The van der Waals surface area contributed by atoms with Crippen molar-refractivity contribution in [1.82, 2.24) is 10.3 Å². The van der Waals surface area contributed by atoms with Crippen LogP contribution in [-0.2, 0) is 0 Å². The second-order valence-electron chi connectivity index (χ2n) is 7.10. The van der Waals surface area contributed by atoms with Gasteiger partial charge in [0.15, 0.2) is 0 Å². The van der Waals surface area contributed by atoms with Crippen molar-refractivity contribution < 1.29 is 9.90 Å². The first kappa shape index (κ1) is 18.4. The molecule has 1 saturated carbocycles. The van der Waals surface area contributed by atoms with Crippen molar-refractivity contribution >= 4 is 5.91 Å². The van der Waals surface area contributed by atoms with Gasteiger partial charge in [-0.25, -0.2) is 0 Å².